The van der Waals surface area contributed by atoms with Crippen molar-refractivity contribution in [2.75, 3.05) is 13.7 Å². The molecule has 1 saturated carbocycles. The summed E-state index contributed by atoms with van der Waals surface area (Å²) in [5, 5.41) is 9.34. The first kappa shape index (κ1) is 18.0. The average molecular weight is 385 g/mol. The Labute approximate surface area is 162 Å². The Morgan fingerprint density at radius 2 is 2.30 bits per heavy atom. The Morgan fingerprint density at radius 1 is 1.44 bits per heavy atom. The lowest BCUT2D eigenvalue weighted by molar-refractivity contribution is -0.121. The zero-order valence-electron chi connectivity index (χ0n) is 15.6. The minimum Gasteiger partial charge on any atom is -0.496 e. The SMILES string of the molecule is COc1ccc(C(CC(=O)NCCc2csc3ncnn23)C2CC2)cc1C. The number of carbonyl (C=O) groups excluding carboxylic acids is 1. The normalized spacial score (nSPS) is 15.0. The monoisotopic (exact) mass is 384 g/mol. The van der Waals surface area contributed by atoms with Crippen LogP contribution in [0.25, 0.3) is 4.96 Å². The van der Waals surface area contributed by atoms with Crippen LogP contribution in [0.4, 0.5) is 0 Å². The maximum atomic E-state index is 12.5. The number of rotatable bonds is 8. The summed E-state index contributed by atoms with van der Waals surface area (Å²) in [5.74, 6) is 1.92. The van der Waals surface area contributed by atoms with Crippen LogP contribution in [-0.4, -0.2) is 34.2 Å². The maximum Gasteiger partial charge on any atom is 0.220 e. The van der Waals surface area contributed by atoms with E-state index in [-0.39, 0.29) is 11.8 Å². The van der Waals surface area contributed by atoms with Gasteiger partial charge in [0.05, 0.1) is 12.8 Å². The molecular formula is C20H24N4O2S. The van der Waals surface area contributed by atoms with Crippen molar-refractivity contribution < 1.29 is 9.53 Å². The first-order chi connectivity index (χ1) is 13.2. The van der Waals surface area contributed by atoms with Gasteiger partial charge in [0.15, 0.2) is 0 Å². The molecule has 1 aliphatic rings. The Hall–Kier alpha value is -2.41. The molecule has 0 radical (unpaired) electrons. The van der Waals surface area contributed by atoms with Crippen molar-refractivity contribution in [2.45, 2.75) is 38.5 Å². The van der Waals surface area contributed by atoms with Gasteiger partial charge in [0.2, 0.25) is 10.9 Å². The van der Waals surface area contributed by atoms with Gasteiger partial charge in [-0.15, -0.1) is 11.3 Å². The van der Waals surface area contributed by atoms with Gasteiger partial charge in [0, 0.05) is 24.8 Å². The fourth-order valence-electron chi connectivity index (χ4n) is 3.63. The van der Waals surface area contributed by atoms with Crippen molar-refractivity contribution in [3.8, 4) is 5.75 Å². The Balaban J connectivity index is 1.35. The summed E-state index contributed by atoms with van der Waals surface area (Å²) in [7, 11) is 1.69. The van der Waals surface area contributed by atoms with Gasteiger partial charge in [-0.05, 0) is 48.8 Å². The predicted octanol–water partition coefficient (Wildman–Crippen LogP) is 3.35. The second-order valence-electron chi connectivity index (χ2n) is 7.16. The fourth-order valence-corrected chi connectivity index (χ4v) is 4.46. The third-order valence-electron chi connectivity index (χ3n) is 5.24. The highest BCUT2D eigenvalue weighted by molar-refractivity contribution is 7.15. The lowest BCUT2D eigenvalue weighted by Gasteiger charge is -2.18. The third kappa shape index (κ3) is 3.98. The summed E-state index contributed by atoms with van der Waals surface area (Å²) < 4.78 is 7.20. The van der Waals surface area contributed by atoms with E-state index in [0.29, 0.717) is 18.9 Å². The molecule has 0 aliphatic heterocycles. The zero-order valence-corrected chi connectivity index (χ0v) is 16.5. The van der Waals surface area contributed by atoms with Gasteiger partial charge in [-0.2, -0.15) is 5.10 Å². The summed E-state index contributed by atoms with van der Waals surface area (Å²) >= 11 is 1.57. The molecule has 4 rings (SSSR count). The average Bonchev–Trinajstić information content (AvgIpc) is 3.27. The van der Waals surface area contributed by atoms with E-state index in [1.807, 2.05) is 10.6 Å². The van der Waals surface area contributed by atoms with Gasteiger partial charge in [0.25, 0.3) is 0 Å². The highest BCUT2D eigenvalue weighted by Crippen LogP contribution is 2.45. The molecule has 1 atom stereocenters. The van der Waals surface area contributed by atoms with E-state index in [1.54, 1.807) is 24.8 Å². The first-order valence-corrected chi connectivity index (χ1v) is 10.2. The van der Waals surface area contributed by atoms with Crippen LogP contribution in [0.5, 0.6) is 5.75 Å². The van der Waals surface area contributed by atoms with Gasteiger partial charge in [-0.25, -0.2) is 9.50 Å². The molecule has 0 bridgehead atoms. The van der Waals surface area contributed by atoms with Crippen LogP contribution in [0, 0.1) is 12.8 Å². The van der Waals surface area contributed by atoms with Gasteiger partial charge in [-0.3, -0.25) is 4.79 Å². The minimum absolute atomic E-state index is 0.116. The number of hydrogen-bond acceptors (Lipinski definition) is 5. The first-order valence-electron chi connectivity index (χ1n) is 9.33. The van der Waals surface area contributed by atoms with E-state index in [4.69, 9.17) is 4.74 Å². The Bertz CT molecular complexity index is 945. The molecule has 1 aromatic carbocycles. The van der Waals surface area contributed by atoms with Gasteiger partial charge in [0.1, 0.15) is 12.1 Å². The summed E-state index contributed by atoms with van der Waals surface area (Å²) in [6.45, 7) is 2.67. The quantitative estimate of drug-likeness (QED) is 0.647. The zero-order chi connectivity index (χ0) is 18.8. The molecule has 1 unspecified atom stereocenters. The minimum atomic E-state index is 0.116. The van der Waals surface area contributed by atoms with Crippen LogP contribution >= 0.6 is 11.3 Å². The molecule has 27 heavy (non-hydrogen) atoms. The van der Waals surface area contributed by atoms with Crippen molar-refractivity contribution in [1.29, 1.82) is 0 Å². The van der Waals surface area contributed by atoms with E-state index >= 15 is 0 Å². The number of amides is 1. The molecule has 1 N–H and O–H groups in total. The van der Waals surface area contributed by atoms with Crippen molar-refractivity contribution >= 4 is 22.2 Å². The lowest BCUT2D eigenvalue weighted by atomic mass is 9.89. The van der Waals surface area contributed by atoms with Crippen LogP contribution in [0.15, 0.2) is 29.9 Å². The number of fused-ring (bicyclic) bond motifs is 1. The van der Waals surface area contributed by atoms with Gasteiger partial charge < -0.3 is 10.1 Å². The number of nitrogens with one attached hydrogen (secondary N) is 1. The van der Waals surface area contributed by atoms with Crippen LogP contribution in [-0.2, 0) is 11.2 Å². The van der Waals surface area contributed by atoms with Gasteiger partial charge in [-0.1, -0.05) is 12.1 Å². The molecule has 0 saturated heterocycles. The largest absolute Gasteiger partial charge is 0.496 e. The van der Waals surface area contributed by atoms with Crippen molar-refractivity contribution in [1.82, 2.24) is 19.9 Å². The van der Waals surface area contributed by atoms with E-state index in [1.165, 1.54) is 18.4 Å². The Morgan fingerprint density at radius 3 is 3.04 bits per heavy atom. The molecule has 7 heteroatoms. The molecule has 142 valence electrons. The number of ether oxygens (including phenoxy) is 1. The van der Waals surface area contributed by atoms with Crippen molar-refractivity contribution in [3.63, 3.8) is 0 Å². The molecule has 1 aliphatic carbocycles. The summed E-state index contributed by atoms with van der Waals surface area (Å²) in [4.78, 5) is 17.6. The molecule has 6 nitrogen and oxygen atoms in total. The van der Waals surface area contributed by atoms with Crippen LogP contribution < -0.4 is 10.1 Å². The summed E-state index contributed by atoms with van der Waals surface area (Å²) in [6.07, 6.45) is 5.28. The molecular weight excluding hydrogens is 360 g/mol. The molecule has 3 aromatic rings. The standard InChI is InChI=1S/C20H24N4O2S/c1-13-9-15(5-6-18(13)26-2)17(14-3-4-14)10-19(25)21-8-7-16-11-27-20-22-12-23-24(16)20/h5-6,9,11-12,14,17H,3-4,7-8,10H2,1-2H3,(H,21,25). The van der Waals surface area contributed by atoms with E-state index in [2.05, 4.69) is 39.8 Å². The lowest BCUT2D eigenvalue weighted by Crippen LogP contribution is -2.28. The van der Waals surface area contributed by atoms with Gasteiger partial charge >= 0.3 is 0 Å². The summed E-state index contributed by atoms with van der Waals surface area (Å²) in [6, 6.07) is 6.29. The smallest absolute Gasteiger partial charge is 0.220 e. The number of aryl methyl sites for hydroxylation is 1. The molecule has 0 spiro atoms. The fraction of sp³-hybridized carbons (Fsp3) is 0.450. The highest BCUT2D eigenvalue weighted by atomic mass is 32.1. The molecule has 1 amide bonds. The van der Waals surface area contributed by atoms with E-state index in [0.717, 1.165) is 28.4 Å². The number of benzene rings is 1. The van der Waals surface area contributed by atoms with Crippen LogP contribution in [0.3, 0.4) is 0 Å². The maximum absolute atomic E-state index is 12.5. The third-order valence-corrected chi connectivity index (χ3v) is 6.11. The molecule has 2 aromatic heterocycles. The number of methoxy groups -OCH3 is 1. The highest BCUT2D eigenvalue weighted by Gasteiger charge is 2.33. The number of nitrogens with zero attached hydrogens (tertiary/aromatic N) is 3. The molecule has 1 fully saturated rings. The predicted molar refractivity (Wildman–Crippen MR) is 105 cm³/mol. The Kier molecular flexibility index (Phi) is 5.11. The van der Waals surface area contributed by atoms with E-state index in [9.17, 15) is 4.79 Å². The summed E-state index contributed by atoms with van der Waals surface area (Å²) in [5.41, 5.74) is 3.45. The molecule has 2 heterocycles. The van der Waals surface area contributed by atoms with E-state index < -0.39 is 0 Å². The van der Waals surface area contributed by atoms with Crippen molar-refractivity contribution in [3.05, 3.63) is 46.7 Å². The van der Waals surface area contributed by atoms with Crippen molar-refractivity contribution in [2.24, 2.45) is 5.92 Å². The van der Waals surface area contributed by atoms with Crippen LogP contribution in [0.1, 0.15) is 42.0 Å². The number of hydrogen-bond donors (Lipinski definition) is 1. The second-order valence-corrected chi connectivity index (χ2v) is 8.00. The second kappa shape index (κ2) is 7.68. The number of thiazole rings is 1. The topological polar surface area (TPSA) is 68.5 Å². The number of aromatic nitrogens is 3. The number of carbonyl (C=O) groups is 1. The van der Waals surface area contributed by atoms with Crippen LogP contribution in [0.2, 0.25) is 0 Å².